The second-order valence-corrected chi connectivity index (χ2v) is 9.61. The Morgan fingerprint density at radius 2 is 1.56 bits per heavy atom. The molecule has 0 atom stereocenters. The molecule has 8 nitrogen and oxygen atoms in total. The third-order valence-electron chi connectivity index (χ3n) is 4.91. The number of nitrogens with zero attached hydrogens (tertiary/aromatic N) is 2. The second kappa shape index (κ2) is 10.8. The van der Waals surface area contributed by atoms with E-state index in [0.29, 0.717) is 22.6 Å². The summed E-state index contributed by atoms with van der Waals surface area (Å²) < 4.78 is 25.9. The van der Waals surface area contributed by atoms with Crippen LogP contribution in [0.4, 0.5) is 11.4 Å². The van der Waals surface area contributed by atoms with E-state index < -0.39 is 15.9 Å². The van der Waals surface area contributed by atoms with E-state index in [4.69, 9.17) is 0 Å². The second-order valence-electron chi connectivity index (χ2n) is 7.70. The first-order chi connectivity index (χ1) is 16.1. The molecule has 176 valence electrons. The third-order valence-corrected chi connectivity index (χ3v) is 6.05. The van der Waals surface area contributed by atoms with Gasteiger partial charge in [0.15, 0.2) is 0 Å². The van der Waals surface area contributed by atoms with Gasteiger partial charge in [0.1, 0.15) is 0 Å². The number of carbonyl (C=O) groups excluding carboxylic acids is 2. The maximum absolute atomic E-state index is 12.5. The van der Waals surface area contributed by atoms with Gasteiger partial charge in [-0.05, 0) is 54.4 Å². The summed E-state index contributed by atoms with van der Waals surface area (Å²) in [5.41, 5.74) is 6.18. The molecule has 34 heavy (non-hydrogen) atoms. The topological polar surface area (TPSA) is 108 Å². The van der Waals surface area contributed by atoms with Crippen LogP contribution in [0.3, 0.4) is 0 Å². The molecule has 2 amide bonds. The van der Waals surface area contributed by atoms with Crippen molar-refractivity contribution in [2.45, 2.75) is 20.4 Å². The standard InChI is InChI=1S/C25H26N4O4S/c1-18(22-8-7-9-23(16-22)26-19(2)30)27-28-25(31)21-14-12-20(13-15-21)17-29(34(3,32)33)24-10-5-4-6-11-24/h4-16H,17H2,1-3H3,(H,26,30)(H,28,31)/b27-18-. The monoisotopic (exact) mass is 478 g/mol. The summed E-state index contributed by atoms with van der Waals surface area (Å²) in [5.74, 6) is -0.570. The molecule has 3 aromatic rings. The number of carbonyl (C=O) groups is 2. The van der Waals surface area contributed by atoms with Crippen LogP contribution in [0.1, 0.15) is 35.3 Å². The average Bonchev–Trinajstić information content (AvgIpc) is 2.80. The normalized spacial score (nSPS) is 11.6. The van der Waals surface area contributed by atoms with E-state index in [1.54, 1.807) is 73.7 Å². The van der Waals surface area contributed by atoms with Crippen LogP contribution in [0, 0.1) is 0 Å². The van der Waals surface area contributed by atoms with Crippen LogP contribution in [0.25, 0.3) is 0 Å². The van der Waals surface area contributed by atoms with Crippen molar-refractivity contribution in [3.63, 3.8) is 0 Å². The summed E-state index contributed by atoms with van der Waals surface area (Å²) >= 11 is 0. The smallest absolute Gasteiger partial charge is 0.271 e. The van der Waals surface area contributed by atoms with Gasteiger partial charge in [-0.3, -0.25) is 13.9 Å². The Balaban J connectivity index is 1.68. The number of hydrogen-bond donors (Lipinski definition) is 2. The van der Waals surface area contributed by atoms with E-state index in [9.17, 15) is 18.0 Å². The molecule has 9 heteroatoms. The number of nitrogens with one attached hydrogen (secondary N) is 2. The number of amides is 2. The molecular weight excluding hydrogens is 452 g/mol. The largest absolute Gasteiger partial charge is 0.326 e. The Bertz CT molecular complexity index is 1300. The van der Waals surface area contributed by atoms with Gasteiger partial charge < -0.3 is 5.32 Å². The van der Waals surface area contributed by atoms with Crippen LogP contribution in [0.5, 0.6) is 0 Å². The fourth-order valence-corrected chi connectivity index (χ4v) is 4.10. The number of para-hydroxylation sites is 1. The Kier molecular flexibility index (Phi) is 7.80. The lowest BCUT2D eigenvalue weighted by molar-refractivity contribution is -0.114. The van der Waals surface area contributed by atoms with E-state index >= 15 is 0 Å². The minimum Gasteiger partial charge on any atom is -0.326 e. The van der Waals surface area contributed by atoms with Gasteiger partial charge >= 0.3 is 0 Å². The van der Waals surface area contributed by atoms with Crippen molar-refractivity contribution in [2.75, 3.05) is 15.9 Å². The lowest BCUT2D eigenvalue weighted by Crippen LogP contribution is -2.29. The maximum Gasteiger partial charge on any atom is 0.271 e. The molecule has 0 aromatic heterocycles. The van der Waals surface area contributed by atoms with Crippen LogP contribution in [-0.4, -0.2) is 32.2 Å². The number of anilines is 2. The maximum atomic E-state index is 12.5. The summed E-state index contributed by atoms with van der Waals surface area (Å²) in [6.45, 7) is 3.33. The summed E-state index contributed by atoms with van der Waals surface area (Å²) in [5, 5.41) is 6.86. The zero-order chi connectivity index (χ0) is 24.7. The lowest BCUT2D eigenvalue weighted by Gasteiger charge is -2.22. The fraction of sp³-hybridized carbons (Fsp3) is 0.160. The molecule has 3 rings (SSSR count). The molecule has 0 saturated heterocycles. The molecular formula is C25H26N4O4S. The molecule has 0 saturated carbocycles. The van der Waals surface area contributed by atoms with Crippen molar-refractivity contribution in [1.29, 1.82) is 0 Å². The quantitative estimate of drug-likeness (QED) is 0.380. The van der Waals surface area contributed by atoms with Crippen LogP contribution < -0.4 is 15.0 Å². The van der Waals surface area contributed by atoms with Crippen LogP contribution in [0.15, 0.2) is 84.0 Å². The third kappa shape index (κ3) is 6.76. The van der Waals surface area contributed by atoms with E-state index in [2.05, 4.69) is 15.8 Å². The van der Waals surface area contributed by atoms with Gasteiger partial charge in [-0.1, -0.05) is 42.5 Å². The number of sulfonamides is 1. The molecule has 0 aliphatic heterocycles. The first-order valence-corrected chi connectivity index (χ1v) is 12.3. The summed E-state index contributed by atoms with van der Waals surface area (Å²) in [6, 6.07) is 22.7. The summed E-state index contributed by atoms with van der Waals surface area (Å²) in [4.78, 5) is 23.8. The molecule has 0 spiro atoms. The molecule has 0 aliphatic rings. The minimum atomic E-state index is -3.48. The number of hydrazone groups is 1. The minimum absolute atomic E-state index is 0.145. The zero-order valence-corrected chi connectivity index (χ0v) is 20.0. The fourth-order valence-electron chi connectivity index (χ4n) is 3.21. The SMILES string of the molecule is CC(=O)Nc1cccc(/C(C)=N\NC(=O)c2ccc(CN(c3ccccc3)S(C)(=O)=O)cc2)c1. The molecule has 3 aromatic carbocycles. The predicted molar refractivity (Wildman–Crippen MR) is 134 cm³/mol. The van der Waals surface area contributed by atoms with Gasteiger partial charge in [0.25, 0.3) is 5.91 Å². The Labute approximate surface area is 199 Å². The van der Waals surface area contributed by atoms with E-state index in [-0.39, 0.29) is 12.5 Å². The first kappa shape index (κ1) is 24.7. The Morgan fingerprint density at radius 3 is 2.18 bits per heavy atom. The van der Waals surface area contributed by atoms with Gasteiger partial charge in [-0.15, -0.1) is 0 Å². The molecule has 0 heterocycles. The van der Waals surface area contributed by atoms with Crippen molar-refractivity contribution in [3.8, 4) is 0 Å². The van der Waals surface area contributed by atoms with Crippen LogP contribution >= 0.6 is 0 Å². The molecule has 2 N–H and O–H groups in total. The van der Waals surface area contributed by atoms with Crippen molar-refractivity contribution < 1.29 is 18.0 Å². The van der Waals surface area contributed by atoms with Crippen molar-refractivity contribution in [3.05, 3.63) is 95.6 Å². The zero-order valence-electron chi connectivity index (χ0n) is 19.1. The van der Waals surface area contributed by atoms with Gasteiger partial charge in [0.2, 0.25) is 15.9 Å². The Hall–Kier alpha value is -3.98. The average molecular weight is 479 g/mol. The van der Waals surface area contributed by atoms with Crippen molar-refractivity contribution >= 4 is 38.9 Å². The van der Waals surface area contributed by atoms with Crippen LogP contribution in [-0.2, 0) is 21.4 Å². The predicted octanol–water partition coefficient (Wildman–Crippen LogP) is 3.77. The Morgan fingerprint density at radius 1 is 0.882 bits per heavy atom. The van der Waals surface area contributed by atoms with E-state index in [1.807, 2.05) is 12.1 Å². The molecule has 0 fully saturated rings. The van der Waals surface area contributed by atoms with Gasteiger partial charge in [-0.25, -0.2) is 13.8 Å². The van der Waals surface area contributed by atoms with E-state index in [1.165, 1.54) is 11.2 Å². The van der Waals surface area contributed by atoms with Gasteiger partial charge in [0, 0.05) is 18.2 Å². The number of rotatable bonds is 8. The number of hydrogen-bond acceptors (Lipinski definition) is 5. The molecule has 0 aliphatic carbocycles. The molecule has 0 unspecified atom stereocenters. The van der Waals surface area contributed by atoms with Gasteiger partial charge in [-0.2, -0.15) is 5.10 Å². The van der Waals surface area contributed by atoms with E-state index in [0.717, 1.165) is 17.4 Å². The summed E-state index contributed by atoms with van der Waals surface area (Å²) in [6.07, 6.45) is 1.16. The van der Waals surface area contributed by atoms with Crippen LogP contribution in [0.2, 0.25) is 0 Å². The first-order valence-electron chi connectivity index (χ1n) is 10.5. The molecule has 0 bridgehead atoms. The van der Waals surface area contributed by atoms with Crippen molar-refractivity contribution in [2.24, 2.45) is 5.10 Å². The molecule has 0 radical (unpaired) electrons. The highest BCUT2D eigenvalue weighted by molar-refractivity contribution is 7.92. The van der Waals surface area contributed by atoms with Gasteiger partial charge in [0.05, 0.1) is 24.2 Å². The lowest BCUT2D eigenvalue weighted by atomic mass is 10.1. The highest BCUT2D eigenvalue weighted by Gasteiger charge is 2.17. The van der Waals surface area contributed by atoms with Crippen molar-refractivity contribution in [1.82, 2.24) is 5.43 Å². The highest BCUT2D eigenvalue weighted by atomic mass is 32.2. The highest BCUT2D eigenvalue weighted by Crippen LogP contribution is 2.20. The number of benzene rings is 3. The summed E-state index contributed by atoms with van der Waals surface area (Å²) in [7, 11) is -3.48.